The number of nitrogens with one attached hydrogen (secondary N) is 1. The van der Waals surface area contributed by atoms with Crippen LogP contribution in [0.2, 0.25) is 0 Å². The molecule has 0 aliphatic rings. The van der Waals surface area contributed by atoms with Crippen LogP contribution in [0.1, 0.15) is 20.8 Å². The number of anilines is 2. The minimum absolute atomic E-state index is 0.0613. The molecule has 1 heterocycles. The maximum atomic E-state index is 12.4. The molecule has 112 valence electrons. The van der Waals surface area contributed by atoms with Crippen molar-refractivity contribution in [1.82, 2.24) is 4.98 Å². The zero-order valence-corrected chi connectivity index (χ0v) is 14.2. The lowest BCUT2D eigenvalue weighted by atomic mass is 10.1. The fourth-order valence-electron chi connectivity index (χ4n) is 1.97. The first-order valence-corrected chi connectivity index (χ1v) is 8.30. The summed E-state index contributed by atoms with van der Waals surface area (Å²) in [5, 5.41) is 12.6. The largest absolute Gasteiger partial charge is 0.331 e. The van der Waals surface area contributed by atoms with Gasteiger partial charge in [-0.25, -0.2) is 4.98 Å². The predicted octanol–water partition coefficient (Wildman–Crippen LogP) is 4.75. The van der Waals surface area contributed by atoms with Crippen LogP contribution in [-0.4, -0.2) is 10.8 Å². The van der Waals surface area contributed by atoms with Gasteiger partial charge in [0, 0.05) is 15.7 Å². The van der Waals surface area contributed by atoms with Crippen molar-refractivity contribution in [3.63, 3.8) is 0 Å². The molecule has 0 radical (unpaired) electrons. The van der Waals surface area contributed by atoms with Gasteiger partial charge in [-0.15, -0.1) is 0 Å². The van der Waals surface area contributed by atoms with Crippen molar-refractivity contribution in [2.24, 2.45) is 0 Å². The average Bonchev–Trinajstić information content (AvgIpc) is 3.03. The molecule has 0 atom stereocenters. The molecule has 3 aromatic rings. The van der Waals surface area contributed by atoms with Gasteiger partial charge >= 0.3 is 0 Å². The number of nitrogens with zero attached hydrogens (tertiary/aromatic N) is 2. The van der Waals surface area contributed by atoms with Crippen molar-refractivity contribution in [3.05, 3.63) is 75.2 Å². The molecule has 1 aromatic heterocycles. The van der Waals surface area contributed by atoms with Gasteiger partial charge in [-0.2, -0.15) is 5.26 Å². The van der Waals surface area contributed by atoms with Gasteiger partial charge in [0.15, 0.2) is 5.13 Å². The fraction of sp³-hybridized carbons (Fsp3) is 0. The molecule has 4 nitrogen and oxygen atoms in total. The fourth-order valence-corrected chi connectivity index (χ4v) is 3.03. The van der Waals surface area contributed by atoms with Crippen LogP contribution in [0.5, 0.6) is 0 Å². The van der Waals surface area contributed by atoms with Crippen LogP contribution >= 0.6 is 27.3 Å². The zero-order valence-electron chi connectivity index (χ0n) is 11.8. The number of carbonyl (C=O) groups excluding carboxylic acids is 1. The molecule has 3 rings (SSSR count). The van der Waals surface area contributed by atoms with E-state index in [0.29, 0.717) is 21.1 Å². The highest BCUT2D eigenvalue weighted by atomic mass is 79.9. The molecule has 0 spiro atoms. The number of rotatable bonds is 4. The zero-order chi connectivity index (χ0) is 16.2. The van der Waals surface area contributed by atoms with Gasteiger partial charge in [0.2, 0.25) is 5.78 Å². The molecular weight excluding hydrogens is 374 g/mol. The quantitative estimate of drug-likeness (QED) is 0.660. The van der Waals surface area contributed by atoms with Crippen LogP contribution < -0.4 is 5.32 Å². The predicted molar refractivity (Wildman–Crippen MR) is 94.1 cm³/mol. The summed E-state index contributed by atoms with van der Waals surface area (Å²) in [4.78, 5) is 17.2. The standard InChI is InChI=1S/C17H10BrN3OS/c18-13-6-4-12(5-7-13)16(22)15-10-20-17(23-15)21-14-3-1-2-11(8-14)9-19/h1-8,10H,(H,20,21). The molecule has 0 fully saturated rings. The van der Waals surface area contributed by atoms with Crippen molar-refractivity contribution in [2.75, 3.05) is 5.32 Å². The second kappa shape index (κ2) is 6.73. The molecule has 0 aliphatic heterocycles. The number of benzene rings is 2. The van der Waals surface area contributed by atoms with E-state index in [9.17, 15) is 4.79 Å². The highest BCUT2D eigenvalue weighted by molar-refractivity contribution is 9.10. The third-order valence-electron chi connectivity index (χ3n) is 3.08. The first kappa shape index (κ1) is 15.4. The lowest BCUT2D eigenvalue weighted by Crippen LogP contribution is -1.97. The molecule has 0 amide bonds. The van der Waals surface area contributed by atoms with E-state index < -0.39 is 0 Å². The van der Waals surface area contributed by atoms with Crippen LogP contribution in [0, 0.1) is 11.3 Å². The number of thiazole rings is 1. The van der Waals surface area contributed by atoms with Crippen molar-refractivity contribution in [2.45, 2.75) is 0 Å². The molecule has 0 bridgehead atoms. The summed E-state index contributed by atoms with van der Waals surface area (Å²) in [6.45, 7) is 0. The van der Waals surface area contributed by atoms with Gasteiger partial charge in [0.05, 0.1) is 22.7 Å². The Kier molecular flexibility index (Phi) is 4.51. The molecule has 0 saturated carbocycles. The Morgan fingerprint density at radius 2 is 2.00 bits per heavy atom. The van der Waals surface area contributed by atoms with Crippen LogP contribution in [0.15, 0.2) is 59.2 Å². The average molecular weight is 384 g/mol. The Morgan fingerprint density at radius 3 is 2.74 bits per heavy atom. The Labute approximate surface area is 145 Å². The summed E-state index contributed by atoms with van der Waals surface area (Å²) in [5.74, 6) is -0.0613. The van der Waals surface area contributed by atoms with E-state index in [4.69, 9.17) is 5.26 Å². The van der Waals surface area contributed by atoms with Crippen molar-refractivity contribution in [3.8, 4) is 6.07 Å². The van der Waals surface area contributed by atoms with E-state index in [1.54, 1.807) is 36.5 Å². The first-order chi connectivity index (χ1) is 11.2. The third-order valence-corrected chi connectivity index (χ3v) is 4.52. The first-order valence-electron chi connectivity index (χ1n) is 6.69. The Balaban J connectivity index is 1.79. The van der Waals surface area contributed by atoms with Crippen LogP contribution in [0.3, 0.4) is 0 Å². The van der Waals surface area contributed by atoms with E-state index >= 15 is 0 Å². The number of hydrogen-bond donors (Lipinski definition) is 1. The maximum absolute atomic E-state index is 12.4. The summed E-state index contributed by atoms with van der Waals surface area (Å²) in [5.41, 5.74) is 1.95. The molecule has 2 aromatic carbocycles. The molecule has 0 aliphatic carbocycles. The lowest BCUT2D eigenvalue weighted by Gasteiger charge is -2.02. The van der Waals surface area contributed by atoms with Crippen molar-refractivity contribution < 1.29 is 4.79 Å². The van der Waals surface area contributed by atoms with E-state index in [1.807, 2.05) is 18.2 Å². The minimum atomic E-state index is -0.0613. The Bertz CT molecular complexity index is 897. The smallest absolute Gasteiger partial charge is 0.204 e. The Morgan fingerprint density at radius 1 is 1.22 bits per heavy atom. The highest BCUT2D eigenvalue weighted by Crippen LogP contribution is 2.25. The molecular formula is C17H10BrN3OS. The van der Waals surface area contributed by atoms with Gasteiger partial charge < -0.3 is 5.32 Å². The number of nitriles is 1. The highest BCUT2D eigenvalue weighted by Gasteiger charge is 2.13. The second-order valence-electron chi connectivity index (χ2n) is 4.68. The van der Waals surface area contributed by atoms with Crippen LogP contribution in [-0.2, 0) is 0 Å². The van der Waals surface area contributed by atoms with Crippen LogP contribution in [0.25, 0.3) is 0 Å². The third kappa shape index (κ3) is 3.65. The Hall–Kier alpha value is -2.49. The molecule has 0 unspecified atom stereocenters. The SMILES string of the molecule is N#Cc1cccc(Nc2ncc(C(=O)c3ccc(Br)cc3)s2)c1. The summed E-state index contributed by atoms with van der Waals surface area (Å²) >= 11 is 4.63. The molecule has 6 heteroatoms. The summed E-state index contributed by atoms with van der Waals surface area (Å²) in [6.07, 6.45) is 1.56. The summed E-state index contributed by atoms with van der Waals surface area (Å²) in [6, 6.07) is 16.4. The maximum Gasteiger partial charge on any atom is 0.204 e. The second-order valence-corrected chi connectivity index (χ2v) is 6.63. The number of halogens is 1. The van der Waals surface area contributed by atoms with Crippen molar-refractivity contribution >= 4 is 43.9 Å². The lowest BCUT2D eigenvalue weighted by molar-refractivity contribution is 0.104. The van der Waals surface area contributed by atoms with Gasteiger partial charge in [0.25, 0.3) is 0 Å². The molecule has 0 saturated heterocycles. The van der Waals surface area contributed by atoms with Gasteiger partial charge in [-0.1, -0.05) is 33.3 Å². The van der Waals surface area contributed by atoms with E-state index in [0.717, 1.165) is 10.2 Å². The molecule has 23 heavy (non-hydrogen) atoms. The van der Waals surface area contributed by atoms with Gasteiger partial charge in [-0.05, 0) is 42.5 Å². The minimum Gasteiger partial charge on any atom is -0.331 e. The molecule has 1 N–H and O–H groups in total. The van der Waals surface area contributed by atoms with Gasteiger partial charge in [-0.3, -0.25) is 4.79 Å². The van der Waals surface area contributed by atoms with Crippen LogP contribution in [0.4, 0.5) is 10.8 Å². The van der Waals surface area contributed by atoms with E-state index in [-0.39, 0.29) is 5.78 Å². The summed E-state index contributed by atoms with van der Waals surface area (Å²) in [7, 11) is 0. The van der Waals surface area contributed by atoms with E-state index in [2.05, 4.69) is 32.3 Å². The number of hydrogen-bond acceptors (Lipinski definition) is 5. The van der Waals surface area contributed by atoms with Crippen molar-refractivity contribution in [1.29, 1.82) is 5.26 Å². The number of carbonyl (C=O) groups is 1. The normalized spacial score (nSPS) is 10.1. The summed E-state index contributed by atoms with van der Waals surface area (Å²) < 4.78 is 0.929. The number of aromatic nitrogens is 1. The van der Waals surface area contributed by atoms with Gasteiger partial charge in [0.1, 0.15) is 0 Å². The van der Waals surface area contributed by atoms with E-state index in [1.165, 1.54) is 11.3 Å². The number of ketones is 1. The monoisotopic (exact) mass is 383 g/mol. The topological polar surface area (TPSA) is 65.8 Å².